The first kappa shape index (κ1) is 27.2. The number of rotatable bonds is 6. The molecule has 1 aliphatic carbocycles. The van der Waals surface area contributed by atoms with Gasteiger partial charge in [0.05, 0.1) is 0 Å². The summed E-state index contributed by atoms with van der Waals surface area (Å²) in [7, 11) is -17.7. The predicted octanol–water partition coefficient (Wildman–Crippen LogP) is -7.05. The minimum atomic E-state index is -6.04. The Morgan fingerprint density at radius 3 is 1.46 bits per heavy atom. The molecule has 1 saturated carbocycles. The van der Waals surface area contributed by atoms with Gasteiger partial charge in [-0.2, -0.15) is 8.62 Å². The number of aliphatic hydroxyl groups excluding tert-OH is 5. The molecule has 0 radical (unpaired) electrons. The molecule has 1 aliphatic rings. The fourth-order valence-corrected chi connectivity index (χ4v) is 5.05. The molecule has 152 valence electrons. The Hall–Kier alpha value is 1.17. The first-order valence-corrected chi connectivity index (χ1v) is 10.4. The third kappa shape index (κ3) is 6.61. The topological polar surface area (TPSA) is 281 Å². The summed E-state index contributed by atoms with van der Waals surface area (Å²) in [6.45, 7) is 0. The van der Waals surface area contributed by atoms with Crippen molar-refractivity contribution >= 4 is 23.5 Å². The SMILES string of the molecule is O=P(O)(O)OP(=O)(O)OP(=O)(O)OC1(O)[C@H](O)[C@H](O)C(O)[C@H](O)[C@H]1O.[H-].[Na+]. The van der Waals surface area contributed by atoms with Crippen LogP contribution in [0.15, 0.2) is 0 Å². The first-order chi connectivity index (χ1) is 10.9. The van der Waals surface area contributed by atoms with Crippen molar-refractivity contribution in [3.05, 3.63) is 0 Å². The normalized spacial score (nSPS) is 40.2. The van der Waals surface area contributed by atoms with Crippen molar-refractivity contribution in [1.82, 2.24) is 0 Å². The molecule has 10 N–H and O–H groups in total. The largest absolute Gasteiger partial charge is 1.00 e. The molecule has 8 atom stereocenters. The van der Waals surface area contributed by atoms with Gasteiger partial charge in [-0.15, -0.1) is 0 Å². The second-order valence-electron chi connectivity index (χ2n) is 4.80. The maximum atomic E-state index is 11.6. The average molecular weight is 460 g/mol. The first-order valence-electron chi connectivity index (χ1n) is 5.89. The van der Waals surface area contributed by atoms with Crippen LogP contribution < -0.4 is 29.6 Å². The second-order valence-corrected chi connectivity index (χ2v) is 9.14. The van der Waals surface area contributed by atoms with E-state index in [2.05, 4.69) is 13.1 Å². The molecule has 1 fully saturated rings. The Bertz CT molecular complexity index is 624. The van der Waals surface area contributed by atoms with Crippen LogP contribution in [0.1, 0.15) is 1.43 Å². The zero-order chi connectivity index (χ0) is 20.0. The van der Waals surface area contributed by atoms with E-state index in [0.29, 0.717) is 0 Å². The van der Waals surface area contributed by atoms with E-state index in [0.717, 1.165) is 0 Å². The number of aliphatic hydroxyl groups is 6. The van der Waals surface area contributed by atoms with Gasteiger partial charge in [-0.1, -0.05) is 0 Å². The van der Waals surface area contributed by atoms with Gasteiger partial charge >= 0.3 is 53.0 Å². The zero-order valence-corrected chi connectivity index (χ0v) is 17.3. The van der Waals surface area contributed by atoms with Crippen molar-refractivity contribution in [3.8, 4) is 0 Å². The maximum absolute atomic E-state index is 11.6. The molecule has 16 nitrogen and oxygen atoms in total. The molecule has 0 saturated heterocycles. The van der Waals surface area contributed by atoms with Crippen molar-refractivity contribution < 1.29 is 108 Å². The van der Waals surface area contributed by atoms with Gasteiger partial charge in [-0.3, -0.25) is 0 Å². The number of phosphoric acid groups is 3. The van der Waals surface area contributed by atoms with Crippen LogP contribution in [0, 0.1) is 0 Å². The Morgan fingerprint density at radius 2 is 1.12 bits per heavy atom. The third-order valence-corrected chi connectivity index (χ3v) is 6.72. The quantitative estimate of drug-likeness (QED) is 0.100. The molecule has 4 unspecified atom stereocenters. The maximum Gasteiger partial charge on any atom is 1.00 e. The van der Waals surface area contributed by atoms with E-state index in [1.165, 1.54) is 0 Å². The number of phosphoric ester groups is 1. The van der Waals surface area contributed by atoms with Gasteiger partial charge in [-0.05, 0) is 0 Å². The summed E-state index contributed by atoms with van der Waals surface area (Å²) in [6.07, 6.45) is -12.6. The summed E-state index contributed by atoms with van der Waals surface area (Å²) in [5.74, 6) is -3.72. The predicted molar refractivity (Wildman–Crippen MR) is 71.0 cm³/mol. The van der Waals surface area contributed by atoms with E-state index in [1.54, 1.807) is 0 Å². The van der Waals surface area contributed by atoms with Crippen LogP contribution >= 0.6 is 23.5 Å². The van der Waals surface area contributed by atoms with Gasteiger partial charge in [0, 0.05) is 0 Å². The van der Waals surface area contributed by atoms with Gasteiger partial charge in [0.15, 0.2) is 0 Å². The molecule has 20 heteroatoms. The molecule has 0 bridgehead atoms. The summed E-state index contributed by atoms with van der Waals surface area (Å²) >= 11 is 0. The molecule has 0 spiro atoms. The Morgan fingerprint density at radius 1 is 0.731 bits per heavy atom. The fraction of sp³-hybridized carbons (Fsp3) is 1.00. The zero-order valence-electron chi connectivity index (χ0n) is 13.7. The van der Waals surface area contributed by atoms with E-state index in [1.807, 2.05) is 0 Å². The summed E-state index contributed by atoms with van der Waals surface area (Å²) in [4.78, 5) is 34.9. The van der Waals surface area contributed by atoms with E-state index in [9.17, 15) is 49.2 Å². The minimum Gasteiger partial charge on any atom is -1.00 e. The van der Waals surface area contributed by atoms with E-state index >= 15 is 0 Å². The Balaban J connectivity index is 0. The van der Waals surface area contributed by atoms with Crippen LogP contribution in [0.3, 0.4) is 0 Å². The van der Waals surface area contributed by atoms with Crippen molar-refractivity contribution in [2.75, 3.05) is 0 Å². The molecular formula is C6H16NaO16P3. The van der Waals surface area contributed by atoms with Gasteiger partial charge in [0.1, 0.15) is 30.5 Å². The molecule has 0 aliphatic heterocycles. The van der Waals surface area contributed by atoms with Crippen LogP contribution in [0.2, 0.25) is 0 Å². The minimum absolute atomic E-state index is 0. The van der Waals surface area contributed by atoms with E-state index < -0.39 is 59.8 Å². The summed E-state index contributed by atoms with van der Waals surface area (Å²) in [6, 6.07) is 0. The van der Waals surface area contributed by atoms with Crippen molar-refractivity contribution in [3.63, 3.8) is 0 Å². The van der Waals surface area contributed by atoms with E-state index in [-0.39, 0.29) is 31.0 Å². The fourth-order valence-electron chi connectivity index (χ4n) is 1.83. The van der Waals surface area contributed by atoms with Gasteiger partial charge in [0.2, 0.25) is 5.79 Å². The standard InChI is InChI=1S/C6H15O16P3.Na.H/c7-1-2(8)4(10)6(12,5(11)3(1)9)20-24(16,17)22-25(18,19)21-23(13,14)15;;/h1-5,7-12H,(H,16,17)(H,18,19)(H2,13,14,15);;/q;+1;-1/t1?,2-,3+,4-,5-,6?;;/m1../s1. The van der Waals surface area contributed by atoms with Crippen LogP contribution in [0.5, 0.6) is 0 Å². The molecular weight excluding hydrogens is 444 g/mol. The summed E-state index contributed by atoms with van der Waals surface area (Å²) < 4.78 is 43.8. The molecule has 0 aromatic rings. The van der Waals surface area contributed by atoms with Gasteiger partial charge in [0.25, 0.3) is 0 Å². The van der Waals surface area contributed by atoms with Crippen molar-refractivity contribution in [1.29, 1.82) is 0 Å². The van der Waals surface area contributed by atoms with Gasteiger partial charge < -0.3 is 51.6 Å². The molecule has 0 aromatic carbocycles. The third-order valence-electron chi connectivity index (χ3n) is 2.87. The molecule has 0 heterocycles. The van der Waals surface area contributed by atoms with Crippen LogP contribution in [-0.4, -0.2) is 86.5 Å². The summed E-state index contributed by atoms with van der Waals surface area (Å²) in [5, 5.41) is 57.1. The summed E-state index contributed by atoms with van der Waals surface area (Å²) in [5.41, 5.74) is 0. The van der Waals surface area contributed by atoms with Crippen molar-refractivity contribution in [2.45, 2.75) is 36.3 Å². The Labute approximate surface area is 167 Å². The number of hydrogen-bond acceptors (Lipinski definition) is 12. The van der Waals surface area contributed by atoms with E-state index in [4.69, 9.17) is 14.7 Å². The smallest absolute Gasteiger partial charge is 1.00 e. The molecule has 0 amide bonds. The second kappa shape index (κ2) is 8.90. The molecule has 0 aromatic heterocycles. The number of hydrogen-bond donors (Lipinski definition) is 10. The Kier molecular flexibility index (Phi) is 9.30. The monoisotopic (exact) mass is 460 g/mol. The molecule has 1 rings (SSSR count). The van der Waals surface area contributed by atoms with Crippen LogP contribution in [-0.2, 0) is 26.8 Å². The van der Waals surface area contributed by atoms with Crippen molar-refractivity contribution in [2.24, 2.45) is 0 Å². The van der Waals surface area contributed by atoms with Gasteiger partial charge in [-0.25, -0.2) is 18.2 Å². The van der Waals surface area contributed by atoms with Crippen LogP contribution in [0.4, 0.5) is 0 Å². The average Bonchev–Trinajstić information content (AvgIpc) is 2.36. The molecule has 26 heavy (non-hydrogen) atoms. The van der Waals surface area contributed by atoms with Crippen LogP contribution in [0.25, 0.3) is 0 Å².